The van der Waals surface area contributed by atoms with Crippen molar-refractivity contribution in [2.45, 2.75) is 19.0 Å². The molecule has 0 N–H and O–H groups in total. The number of likely N-dealkylation sites (N-methyl/N-ethyl adjacent to an activating group) is 1. The van der Waals surface area contributed by atoms with Crippen LogP contribution in [0.4, 0.5) is 0 Å². The van der Waals surface area contributed by atoms with Gasteiger partial charge in [0.1, 0.15) is 0 Å². The van der Waals surface area contributed by atoms with Crippen molar-refractivity contribution in [3.8, 4) is 0 Å². The van der Waals surface area contributed by atoms with Crippen LogP contribution in [-0.2, 0) is 6.54 Å². The van der Waals surface area contributed by atoms with E-state index in [0.29, 0.717) is 0 Å². The summed E-state index contributed by atoms with van der Waals surface area (Å²) in [5.41, 5.74) is 1.46. The Morgan fingerprint density at radius 1 is 1.19 bits per heavy atom. The molecule has 2 nitrogen and oxygen atoms in total. The number of nitrogens with zero attached hydrogens (tertiary/aromatic N) is 2. The predicted octanol–water partition coefficient (Wildman–Crippen LogP) is 1.82. The van der Waals surface area contributed by atoms with Crippen molar-refractivity contribution in [2.24, 2.45) is 5.92 Å². The molecule has 2 heterocycles. The largest absolute Gasteiger partial charge is 0.304 e. The van der Waals surface area contributed by atoms with E-state index < -0.39 is 0 Å². The van der Waals surface area contributed by atoms with Gasteiger partial charge < -0.3 is 4.90 Å². The maximum absolute atomic E-state index is 2.67. The van der Waals surface area contributed by atoms with E-state index in [2.05, 4.69) is 47.2 Å². The molecule has 0 amide bonds. The van der Waals surface area contributed by atoms with Crippen LogP contribution in [0.2, 0.25) is 0 Å². The van der Waals surface area contributed by atoms with Crippen LogP contribution in [0.25, 0.3) is 0 Å². The van der Waals surface area contributed by atoms with Gasteiger partial charge in [-0.2, -0.15) is 0 Å². The third-order valence-corrected chi connectivity index (χ3v) is 4.07. The molecular formula is C14H20N2. The molecule has 0 unspecified atom stereocenters. The lowest BCUT2D eigenvalue weighted by Crippen LogP contribution is -2.33. The van der Waals surface area contributed by atoms with Gasteiger partial charge in [-0.25, -0.2) is 0 Å². The molecule has 2 heteroatoms. The van der Waals surface area contributed by atoms with Gasteiger partial charge in [-0.15, -0.1) is 0 Å². The van der Waals surface area contributed by atoms with Gasteiger partial charge in [0.05, 0.1) is 0 Å². The van der Waals surface area contributed by atoms with E-state index in [9.17, 15) is 0 Å². The Balaban J connectivity index is 1.68. The maximum Gasteiger partial charge on any atom is 0.0267 e. The van der Waals surface area contributed by atoms with Crippen LogP contribution in [0, 0.1) is 5.92 Å². The molecule has 16 heavy (non-hydrogen) atoms. The number of likely N-dealkylation sites (tertiary alicyclic amines) is 2. The molecule has 2 atom stereocenters. The summed E-state index contributed by atoms with van der Waals surface area (Å²) < 4.78 is 0. The topological polar surface area (TPSA) is 6.48 Å². The van der Waals surface area contributed by atoms with Crippen LogP contribution < -0.4 is 0 Å². The summed E-state index contributed by atoms with van der Waals surface area (Å²) in [7, 11) is 2.25. The average Bonchev–Trinajstić information content (AvgIpc) is 2.81. The third kappa shape index (κ3) is 1.87. The fourth-order valence-corrected chi connectivity index (χ4v) is 3.27. The molecule has 2 saturated heterocycles. The van der Waals surface area contributed by atoms with Crippen LogP contribution in [0.1, 0.15) is 12.0 Å². The molecule has 1 aromatic carbocycles. The van der Waals surface area contributed by atoms with Gasteiger partial charge in [-0.05, 0) is 31.5 Å². The Morgan fingerprint density at radius 3 is 2.81 bits per heavy atom. The van der Waals surface area contributed by atoms with Gasteiger partial charge >= 0.3 is 0 Å². The molecule has 1 aromatic rings. The Labute approximate surface area is 97.9 Å². The summed E-state index contributed by atoms with van der Waals surface area (Å²) >= 11 is 0. The second kappa shape index (κ2) is 4.19. The number of rotatable bonds is 2. The smallest absolute Gasteiger partial charge is 0.0267 e. The van der Waals surface area contributed by atoms with Crippen molar-refractivity contribution in [3.63, 3.8) is 0 Å². The van der Waals surface area contributed by atoms with E-state index in [1.807, 2.05) is 0 Å². The van der Waals surface area contributed by atoms with Crippen LogP contribution in [0.5, 0.6) is 0 Å². The van der Waals surface area contributed by atoms with Crippen LogP contribution in [0.15, 0.2) is 30.3 Å². The predicted molar refractivity (Wildman–Crippen MR) is 66.2 cm³/mol. The Morgan fingerprint density at radius 2 is 2.00 bits per heavy atom. The van der Waals surface area contributed by atoms with Crippen molar-refractivity contribution in [2.75, 3.05) is 26.7 Å². The lowest BCUT2D eigenvalue weighted by molar-refractivity contribution is 0.228. The van der Waals surface area contributed by atoms with E-state index in [1.54, 1.807) is 0 Å². The van der Waals surface area contributed by atoms with Gasteiger partial charge in [0.15, 0.2) is 0 Å². The molecule has 0 spiro atoms. The molecule has 0 saturated carbocycles. The number of hydrogen-bond acceptors (Lipinski definition) is 2. The van der Waals surface area contributed by atoms with Crippen molar-refractivity contribution < 1.29 is 0 Å². The first-order chi connectivity index (χ1) is 7.83. The van der Waals surface area contributed by atoms with E-state index in [4.69, 9.17) is 0 Å². The summed E-state index contributed by atoms with van der Waals surface area (Å²) in [5.74, 6) is 0.925. The fourth-order valence-electron chi connectivity index (χ4n) is 3.27. The summed E-state index contributed by atoms with van der Waals surface area (Å²) in [4.78, 5) is 5.15. The van der Waals surface area contributed by atoms with Crippen molar-refractivity contribution in [1.29, 1.82) is 0 Å². The van der Waals surface area contributed by atoms with Gasteiger partial charge in [-0.3, -0.25) is 4.90 Å². The van der Waals surface area contributed by atoms with E-state index >= 15 is 0 Å². The van der Waals surface area contributed by atoms with E-state index in [1.165, 1.54) is 31.6 Å². The molecule has 0 bridgehead atoms. The van der Waals surface area contributed by atoms with Crippen molar-refractivity contribution in [3.05, 3.63) is 35.9 Å². The van der Waals surface area contributed by atoms with E-state index in [0.717, 1.165) is 18.5 Å². The van der Waals surface area contributed by atoms with Crippen LogP contribution in [0.3, 0.4) is 0 Å². The SMILES string of the molecule is CN1C[C@@H]2CCN(Cc3ccccc3)[C@@H]2C1. The highest BCUT2D eigenvalue weighted by Gasteiger charge is 2.39. The zero-order valence-electron chi connectivity index (χ0n) is 9.97. The molecule has 0 aliphatic carbocycles. The molecule has 86 valence electrons. The molecule has 2 fully saturated rings. The molecule has 2 aliphatic heterocycles. The van der Waals surface area contributed by atoms with Gasteiger partial charge in [0, 0.05) is 25.7 Å². The lowest BCUT2D eigenvalue weighted by Gasteiger charge is -2.23. The third-order valence-electron chi connectivity index (χ3n) is 4.07. The zero-order chi connectivity index (χ0) is 11.0. The summed E-state index contributed by atoms with van der Waals surface area (Å²) in [6.45, 7) is 4.99. The standard InChI is InChI=1S/C14H20N2/c1-15-10-13-7-8-16(14(13)11-15)9-12-5-3-2-4-6-12/h2-6,13-14H,7-11H2,1H3/t13-,14+/m0/s1. The molecule has 2 aliphatic rings. The van der Waals surface area contributed by atoms with Crippen molar-refractivity contribution >= 4 is 0 Å². The quantitative estimate of drug-likeness (QED) is 0.744. The minimum atomic E-state index is 0.810. The number of fused-ring (bicyclic) bond motifs is 1. The van der Waals surface area contributed by atoms with Gasteiger partial charge in [-0.1, -0.05) is 30.3 Å². The molecular weight excluding hydrogens is 196 g/mol. The van der Waals surface area contributed by atoms with Gasteiger partial charge in [0.25, 0.3) is 0 Å². The monoisotopic (exact) mass is 216 g/mol. The first kappa shape index (κ1) is 10.3. The molecule has 0 radical (unpaired) electrons. The average molecular weight is 216 g/mol. The normalized spacial score (nSPS) is 30.8. The second-order valence-corrected chi connectivity index (χ2v) is 5.29. The zero-order valence-corrected chi connectivity index (χ0v) is 9.97. The van der Waals surface area contributed by atoms with Crippen LogP contribution >= 0.6 is 0 Å². The fraction of sp³-hybridized carbons (Fsp3) is 0.571. The lowest BCUT2D eigenvalue weighted by atomic mass is 10.0. The highest BCUT2D eigenvalue weighted by atomic mass is 15.3. The Hall–Kier alpha value is -0.860. The Kier molecular flexibility index (Phi) is 2.70. The summed E-state index contributed by atoms with van der Waals surface area (Å²) in [6, 6.07) is 11.7. The first-order valence-electron chi connectivity index (χ1n) is 6.29. The summed E-state index contributed by atoms with van der Waals surface area (Å²) in [5, 5.41) is 0. The highest BCUT2D eigenvalue weighted by Crippen LogP contribution is 2.31. The first-order valence-corrected chi connectivity index (χ1v) is 6.29. The molecule has 0 aromatic heterocycles. The minimum Gasteiger partial charge on any atom is -0.304 e. The maximum atomic E-state index is 2.67. The minimum absolute atomic E-state index is 0.810. The Bertz CT molecular complexity index is 349. The summed E-state index contributed by atoms with van der Waals surface area (Å²) in [6.07, 6.45) is 1.39. The highest BCUT2D eigenvalue weighted by molar-refractivity contribution is 5.15. The van der Waals surface area contributed by atoms with Crippen LogP contribution in [-0.4, -0.2) is 42.5 Å². The van der Waals surface area contributed by atoms with Gasteiger partial charge in [0.2, 0.25) is 0 Å². The van der Waals surface area contributed by atoms with Crippen molar-refractivity contribution in [1.82, 2.24) is 9.80 Å². The molecule has 3 rings (SSSR count). The second-order valence-electron chi connectivity index (χ2n) is 5.29. The van der Waals surface area contributed by atoms with E-state index in [-0.39, 0.29) is 0 Å². The number of hydrogen-bond donors (Lipinski definition) is 0. The number of benzene rings is 1.